The second-order valence-electron chi connectivity index (χ2n) is 7.77. The van der Waals surface area contributed by atoms with E-state index >= 15 is 0 Å². The molecule has 1 heterocycles. The molecule has 1 aliphatic rings. The highest BCUT2D eigenvalue weighted by molar-refractivity contribution is 5.73. The van der Waals surface area contributed by atoms with Crippen LogP contribution in [0.1, 0.15) is 62.1 Å². The molecule has 0 spiro atoms. The third-order valence-corrected chi connectivity index (χ3v) is 5.78. The largest absolute Gasteiger partial charge is 0.370 e. The molecule has 3 nitrogen and oxygen atoms in total. The van der Waals surface area contributed by atoms with E-state index in [1.165, 1.54) is 36.8 Å². The fourth-order valence-electron chi connectivity index (χ4n) is 4.29. The van der Waals surface area contributed by atoms with E-state index in [1.54, 1.807) is 0 Å². The lowest BCUT2D eigenvalue weighted by Crippen LogP contribution is -2.37. The fourth-order valence-corrected chi connectivity index (χ4v) is 4.29. The van der Waals surface area contributed by atoms with Crippen molar-refractivity contribution in [2.24, 2.45) is 11.7 Å². The number of primary amides is 1. The van der Waals surface area contributed by atoms with Gasteiger partial charge in [-0.15, -0.1) is 0 Å². The van der Waals surface area contributed by atoms with Crippen LogP contribution in [0.5, 0.6) is 0 Å². The Bertz CT molecular complexity index is 639. The van der Waals surface area contributed by atoms with Gasteiger partial charge < -0.3 is 5.73 Å². The number of rotatable bonds is 9. The summed E-state index contributed by atoms with van der Waals surface area (Å²) in [5.74, 6) is 0.651. The Morgan fingerprint density at radius 3 is 1.96 bits per heavy atom. The first-order chi connectivity index (χ1) is 13.2. The van der Waals surface area contributed by atoms with Crippen molar-refractivity contribution in [1.29, 1.82) is 0 Å². The van der Waals surface area contributed by atoms with Crippen molar-refractivity contribution in [3.8, 4) is 0 Å². The Morgan fingerprint density at radius 2 is 1.44 bits per heavy atom. The zero-order chi connectivity index (χ0) is 18.9. The highest BCUT2D eigenvalue weighted by atomic mass is 16.1. The van der Waals surface area contributed by atoms with E-state index in [1.807, 2.05) is 0 Å². The highest BCUT2D eigenvalue weighted by Crippen LogP contribution is 2.33. The van der Waals surface area contributed by atoms with Crippen LogP contribution in [0, 0.1) is 5.92 Å². The van der Waals surface area contributed by atoms with Crippen LogP contribution in [0.2, 0.25) is 0 Å². The molecule has 2 aromatic rings. The SMILES string of the molecule is NC(=O)CCCCCC1CCN(C(c2ccccc2)c2ccccc2)CC1. The van der Waals surface area contributed by atoms with Crippen molar-refractivity contribution in [3.05, 3.63) is 71.8 Å². The maximum Gasteiger partial charge on any atom is 0.217 e. The number of carbonyl (C=O) groups excluding carboxylic acids is 1. The minimum atomic E-state index is -0.170. The van der Waals surface area contributed by atoms with Gasteiger partial charge in [0.1, 0.15) is 0 Å². The summed E-state index contributed by atoms with van der Waals surface area (Å²) in [6.45, 7) is 2.31. The molecule has 3 rings (SSSR count). The van der Waals surface area contributed by atoms with Gasteiger partial charge in [-0.3, -0.25) is 9.69 Å². The predicted octanol–water partition coefficient (Wildman–Crippen LogP) is 4.92. The molecule has 144 valence electrons. The second-order valence-corrected chi connectivity index (χ2v) is 7.77. The van der Waals surface area contributed by atoms with Crippen LogP contribution in [-0.4, -0.2) is 23.9 Å². The quantitative estimate of drug-likeness (QED) is 0.642. The first-order valence-corrected chi connectivity index (χ1v) is 10.4. The smallest absolute Gasteiger partial charge is 0.217 e. The van der Waals surface area contributed by atoms with E-state index in [4.69, 9.17) is 5.73 Å². The van der Waals surface area contributed by atoms with Gasteiger partial charge in [0.15, 0.2) is 0 Å². The minimum Gasteiger partial charge on any atom is -0.370 e. The van der Waals surface area contributed by atoms with Crippen LogP contribution in [0.15, 0.2) is 60.7 Å². The summed E-state index contributed by atoms with van der Waals surface area (Å²) >= 11 is 0. The molecule has 0 aromatic heterocycles. The molecule has 0 saturated carbocycles. The molecule has 0 atom stereocenters. The van der Waals surface area contributed by atoms with Crippen molar-refractivity contribution >= 4 is 5.91 Å². The van der Waals surface area contributed by atoms with Crippen molar-refractivity contribution in [3.63, 3.8) is 0 Å². The number of carbonyl (C=O) groups is 1. The van der Waals surface area contributed by atoms with Gasteiger partial charge in [-0.2, -0.15) is 0 Å². The van der Waals surface area contributed by atoms with Gasteiger partial charge in [-0.05, 0) is 49.4 Å². The van der Waals surface area contributed by atoms with Crippen molar-refractivity contribution < 1.29 is 4.79 Å². The lowest BCUT2D eigenvalue weighted by atomic mass is 9.88. The third kappa shape index (κ3) is 5.93. The molecule has 1 amide bonds. The maximum absolute atomic E-state index is 10.8. The second kappa shape index (κ2) is 10.3. The Hall–Kier alpha value is -2.13. The van der Waals surface area contributed by atoms with E-state index in [2.05, 4.69) is 65.6 Å². The van der Waals surface area contributed by atoms with Crippen LogP contribution in [0.3, 0.4) is 0 Å². The number of amides is 1. The van der Waals surface area contributed by atoms with E-state index in [0.717, 1.165) is 31.8 Å². The monoisotopic (exact) mass is 364 g/mol. The molecule has 1 aliphatic heterocycles. The van der Waals surface area contributed by atoms with Crippen LogP contribution < -0.4 is 5.73 Å². The van der Waals surface area contributed by atoms with Gasteiger partial charge in [0.05, 0.1) is 6.04 Å². The van der Waals surface area contributed by atoms with Crippen molar-refractivity contribution in [2.75, 3.05) is 13.1 Å². The molecular weight excluding hydrogens is 332 g/mol. The van der Waals surface area contributed by atoms with E-state index in [9.17, 15) is 4.79 Å². The van der Waals surface area contributed by atoms with E-state index in [0.29, 0.717) is 12.5 Å². The fraction of sp³-hybridized carbons (Fsp3) is 0.458. The number of nitrogens with two attached hydrogens (primary N) is 1. The molecule has 0 unspecified atom stereocenters. The molecular formula is C24H32N2O. The van der Waals surface area contributed by atoms with E-state index < -0.39 is 0 Å². The zero-order valence-electron chi connectivity index (χ0n) is 16.2. The standard InChI is InChI=1S/C24H32N2O/c25-23(27)15-9-1-4-10-20-16-18-26(19-17-20)24(21-11-5-2-6-12-21)22-13-7-3-8-14-22/h2-3,5-8,11-14,20,24H,1,4,9-10,15-19H2,(H2,25,27). The predicted molar refractivity (Wildman–Crippen MR) is 111 cm³/mol. The number of hydrogen-bond donors (Lipinski definition) is 1. The van der Waals surface area contributed by atoms with Gasteiger partial charge in [0.25, 0.3) is 0 Å². The average Bonchev–Trinajstić information content (AvgIpc) is 2.70. The topological polar surface area (TPSA) is 46.3 Å². The maximum atomic E-state index is 10.8. The zero-order valence-corrected chi connectivity index (χ0v) is 16.2. The number of benzene rings is 2. The minimum absolute atomic E-state index is 0.170. The lowest BCUT2D eigenvalue weighted by Gasteiger charge is -2.38. The van der Waals surface area contributed by atoms with Gasteiger partial charge in [0.2, 0.25) is 5.91 Å². The normalized spacial score (nSPS) is 15.9. The summed E-state index contributed by atoms with van der Waals surface area (Å²) in [6.07, 6.45) is 7.65. The molecule has 2 N–H and O–H groups in total. The highest BCUT2D eigenvalue weighted by Gasteiger charge is 2.26. The molecule has 27 heavy (non-hydrogen) atoms. The van der Waals surface area contributed by atoms with Crippen LogP contribution >= 0.6 is 0 Å². The lowest BCUT2D eigenvalue weighted by molar-refractivity contribution is -0.118. The molecule has 1 fully saturated rings. The number of unbranched alkanes of at least 4 members (excludes halogenated alkanes) is 2. The summed E-state index contributed by atoms with van der Waals surface area (Å²) in [4.78, 5) is 13.5. The van der Waals surface area contributed by atoms with Crippen LogP contribution in [-0.2, 0) is 4.79 Å². The molecule has 2 aromatic carbocycles. The molecule has 1 saturated heterocycles. The summed E-state index contributed by atoms with van der Waals surface area (Å²) in [5.41, 5.74) is 7.98. The number of likely N-dealkylation sites (tertiary alicyclic amines) is 1. The van der Waals surface area contributed by atoms with Crippen LogP contribution in [0.25, 0.3) is 0 Å². The van der Waals surface area contributed by atoms with Gasteiger partial charge in [-0.25, -0.2) is 0 Å². The average molecular weight is 365 g/mol. The number of hydrogen-bond acceptors (Lipinski definition) is 2. The molecule has 3 heteroatoms. The third-order valence-electron chi connectivity index (χ3n) is 5.78. The first kappa shape index (κ1) is 19.6. The summed E-state index contributed by atoms with van der Waals surface area (Å²) in [6, 6.07) is 22.1. The molecule has 0 aliphatic carbocycles. The Morgan fingerprint density at radius 1 is 0.889 bits per heavy atom. The van der Waals surface area contributed by atoms with Crippen molar-refractivity contribution in [1.82, 2.24) is 4.90 Å². The number of piperidine rings is 1. The molecule has 0 radical (unpaired) electrons. The van der Waals surface area contributed by atoms with Crippen LogP contribution in [0.4, 0.5) is 0 Å². The number of nitrogens with zero attached hydrogens (tertiary/aromatic N) is 1. The Balaban J connectivity index is 1.55. The molecule has 0 bridgehead atoms. The van der Waals surface area contributed by atoms with E-state index in [-0.39, 0.29) is 5.91 Å². The Labute approximate surface area is 163 Å². The Kier molecular flexibility index (Phi) is 7.46. The summed E-state index contributed by atoms with van der Waals surface area (Å²) in [5, 5.41) is 0. The summed E-state index contributed by atoms with van der Waals surface area (Å²) < 4.78 is 0. The summed E-state index contributed by atoms with van der Waals surface area (Å²) in [7, 11) is 0. The van der Waals surface area contributed by atoms with Gasteiger partial charge >= 0.3 is 0 Å². The van der Waals surface area contributed by atoms with Gasteiger partial charge in [0, 0.05) is 6.42 Å². The first-order valence-electron chi connectivity index (χ1n) is 10.4. The van der Waals surface area contributed by atoms with Crippen molar-refractivity contribution in [2.45, 2.75) is 51.0 Å². The van der Waals surface area contributed by atoms with Gasteiger partial charge in [-0.1, -0.05) is 79.9 Å².